The van der Waals surface area contributed by atoms with Crippen molar-refractivity contribution in [3.63, 3.8) is 0 Å². The van der Waals surface area contributed by atoms with Gasteiger partial charge in [0.1, 0.15) is 0 Å². The fourth-order valence-electron chi connectivity index (χ4n) is 2.81. The largest absolute Gasteiger partial charge is 0.377 e. The van der Waals surface area contributed by atoms with Gasteiger partial charge in [0.25, 0.3) is 0 Å². The summed E-state index contributed by atoms with van der Waals surface area (Å²) in [5, 5.41) is 3.05. The number of piperidine rings is 1. The highest BCUT2D eigenvalue weighted by atomic mass is 16.5. The van der Waals surface area contributed by atoms with E-state index >= 15 is 0 Å². The van der Waals surface area contributed by atoms with Gasteiger partial charge in [-0.05, 0) is 38.6 Å². The average Bonchev–Trinajstić information content (AvgIpc) is 3.26. The highest BCUT2D eigenvalue weighted by Crippen LogP contribution is 2.20. The van der Waals surface area contributed by atoms with Crippen molar-refractivity contribution >= 4 is 5.91 Å². The van der Waals surface area contributed by atoms with Crippen LogP contribution < -0.4 is 11.1 Å². The molecule has 0 aromatic carbocycles. The molecule has 0 spiro atoms. The van der Waals surface area contributed by atoms with E-state index in [-0.39, 0.29) is 11.9 Å². The van der Waals surface area contributed by atoms with Crippen LogP contribution in [-0.4, -0.2) is 55.2 Å². The van der Waals surface area contributed by atoms with E-state index in [0.717, 1.165) is 51.8 Å². The Hall–Kier alpha value is -0.650. The minimum absolute atomic E-state index is 0.152. The standard InChI is InChI=1S/C15H29N3O2/c1-2-8-20-14-4-3-7-18(11-14)13(10-16)9-15(19)17-12-5-6-12/h12-14H,2-11,16H2,1H3,(H,17,19). The van der Waals surface area contributed by atoms with E-state index in [9.17, 15) is 4.79 Å². The molecule has 1 saturated heterocycles. The number of rotatable bonds is 8. The van der Waals surface area contributed by atoms with Crippen molar-refractivity contribution in [2.24, 2.45) is 5.73 Å². The number of carbonyl (C=O) groups excluding carboxylic acids is 1. The molecule has 2 rings (SSSR count). The minimum Gasteiger partial charge on any atom is -0.377 e. The molecule has 2 atom stereocenters. The van der Waals surface area contributed by atoms with Crippen LogP contribution in [0.25, 0.3) is 0 Å². The van der Waals surface area contributed by atoms with Crippen molar-refractivity contribution in [2.75, 3.05) is 26.2 Å². The van der Waals surface area contributed by atoms with Crippen LogP contribution in [0.5, 0.6) is 0 Å². The number of ether oxygens (including phenoxy) is 1. The van der Waals surface area contributed by atoms with Crippen LogP contribution in [-0.2, 0) is 9.53 Å². The third-order valence-electron chi connectivity index (χ3n) is 4.12. The third kappa shape index (κ3) is 5.04. The van der Waals surface area contributed by atoms with Crippen molar-refractivity contribution in [2.45, 2.75) is 63.6 Å². The monoisotopic (exact) mass is 283 g/mol. The number of hydrogen-bond acceptors (Lipinski definition) is 4. The lowest BCUT2D eigenvalue weighted by Gasteiger charge is -2.37. The SMILES string of the molecule is CCCOC1CCCN(C(CN)CC(=O)NC2CC2)C1. The zero-order valence-corrected chi connectivity index (χ0v) is 12.6. The fourth-order valence-corrected chi connectivity index (χ4v) is 2.81. The molecular weight excluding hydrogens is 254 g/mol. The van der Waals surface area contributed by atoms with Gasteiger partial charge in [-0.3, -0.25) is 9.69 Å². The van der Waals surface area contributed by atoms with E-state index in [1.807, 2.05) is 0 Å². The Kier molecular flexibility index (Phi) is 6.26. The molecule has 1 aliphatic carbocycles. The first-order valence-corrected chi connectivity index (χ1v) is 8.08. The predicted molar refractivity (Wildman–Crippen MR) is 79.5 cm³/mol. The summed E-state index contributed by atoms with van der Waals surface area (Å²) in [4.78, 5) is 14.3. The lowest BCUT2D eigenvalue weighted by atomic mass is 10.0. The summed E-state index contributed by atoms with van der Waals surface area (Å²) >= 11 is 0. The van der Waals surface area contributed by atoms with Crippen LogP contribution in [0.1, 0.15) is 45.4 Å². The molecule has 5 nitrogen and oxygen atoms in total. The van der Waals surface area contributed by atoms with E-state index in [0.29, 0.717) is 25.1 Å². The first-order valence-electron chi connectivity index (χ1n) is 8.08. The Morgan fingerprint density at radius 1 is 1.45 bits per heavy atom. The van der Waals surface area contributed by atoms with Gasteiger partial charge in [-0.15, -0.1) is 0 Å². The van der Waals surface area contributed by atoms with Crippen molar-refractivity contribution in [3.05, 3.63) is 0 Å². The first-order chi connectivity index (χ1) is 9.72. The number of amides is 1. The molecule has 1 heterocycles. The normalized spacial score (nSPS) is 25.4. The number of nitrogens with one attached hydrogen (secondary N) is 1. The van der Waals surface area contributed by atoms with Crippen molar-refractivity contribution in [1.29, 1.82) is 0 Å². The Labute approximate surface area is 122 Å². The number of carbonyl (C=O) groups is 1. The highest BCUT2D eigenvalue weighted by Gasteiger charge is 2.29. The molecule has 2 fully saturated rings. The maximum absolute atomic E-state index is 11.9. The van der Waals surface area contributed by atoms with Gasteiger partial charge in [0.05, 0.1) is 6.10 Å². The molecule has 2 unspecified atom stereocenters. The lowest BCUT2D eigenvalue weighted by Crippen LogP contribution is -2.50. The predicted octanol–water partition coefficient (Wildman–Crippen LogP) is 0.873. The summed E-state index contributed by atoms with van der Waals surface area (Å²) in [6.07, 6.45) is 6.42. The second-order valence-corrected chi connectivity index (χ2v) is 6.07. The molecule has 0 radical (unpaired) electrons. The average molecular weight is 283 g/mol. The zero-order chi connectivity index (χ0) is 14.4. The molecular formula is C15H29N3O2. The number of likely N-dealkylation sites (tertiary alicyclic amines) is 1. The van der Waals surface area contributed by atoms with Gasteiger partial charge in [-0.1, -0.05) is 6.92 Å². The second-order valence-electron chi connectivity index (χ2n) is 6.07. The Balaban J connectivity index is 1.77. The van der Waals surface area contributed by atoms with Crippen molar-refractivity contribution in [3.8, 4) is 0 Å². The molecule has 0 aromatic rings. The lowest BCUT2D eigenvalue weighted by molar-refractivity contribution is -0.122. The molecule has 20 heavy (non-hydrogen) atoms. The van der Waals surface area contributed by atoms with Crippen LogP contribution >= 0.6 is 0 Å². The second kappa shape index (κ2) is 7.96. The number of hydrogen-bond donors (Lipinski definition) is 2. The molecule has 116 valence electrons. The molecule has 0 aromatic heterocycles. The maximum Gasteiger partial charge on any atom is 0.221 e. The smallest absolute Gasteiger partial charge is 0.221 e. The van der Waals surface area contributed by atoms with Gasteiger partial charge >= 0.3 is 0 Å². The summed E-state index contributed by atoms with van der Waals surface area (Å²) < 4.78 is 5.85. The zero-order valence-electron chi connectivity index (χ0n) is 12.6. The van der Waals surface area contributed by atoms with Gasteiger partial charge in [-0.25, -0.2) is 0 Å². The summed E-state index contributed by atoms with van der Waals surface area (Å²) in [7, 11) is 0. The quantitative estimate of drug-likeness (QED) is 0.694. The molecule has 5 heteroatoms. The topological polar surface area (TPSA) is 67.6 Å². The fraction of sp³-hybridized carbons (Fsp3) is 0.933. The van der Waals surface area contributed by atoms with Gasteiger partial charge in [-0.2, -0.15) is 0 Å². The molecule has 1 aliphatic heterocycles. The van der Waals surface area contributed by atoms with Gasteiger partial charge in [0.2, 0.25) is 5.91 Å². The summed E-state index contributed by atoms with van der Waals surface area (Å²) in [5.41, 5.74) is 5.88. The molecule has 3 N–H and O–H groups in total. The van der Waals surface area contributed by atoms with E-state index in [1.54, 1.807) is 0 Å². The van der Waals surface area contributed by atoms with E-state index in [2.05, 4.69) is 17.1 Å². The van der Waals surface area contributed by atoms with Crippen molar-refractivity contribution in [1.82, 2.24) is 10.2 Å². The van der Waals surface area contributed by atoms with Gasteiger partial charge < -0.3 is 15.8 Å². The molecule has 2 aliphatic rings. The molecule has 1 saturated carbocycles. The summed E-state index contributed by atoms with van der Waals surface area (Å²) in [6, 6.07) is 0.588. The minimum atomic E-state index is 0.152. The molecule has 1 amide bonds. The summed E-state index contributed by atoms with van der Waals surface area (Å²) in [6.45, 7) is 5.45. The van der Waals surface area contributed by atoms with Crippen LogP contribution in [0, 0.1) is 0 Å². The highest BCUT2D eigenvalue weighted by molar-refractivity contribution is 5.77. The van der Waals surface area contributed by atoms with E-state index in [4.69, 9.17) is 10.5 Å². The van der Waals surface area contributed by atoms with Gasteiger partial charge in [0.15, 0.2) is 0 Å². The summed E-state index contributed by atoms with van der Waals surface area (Å²) in [5.74, 6) is 0.152. The maximum atomic E-state index is 11.9. The van der Waals surface area contributed by atoms with Crippen LogP contribution in [0.2, 0.25) is 0 Å². The van der Waals surface area contributed by atoms with E-state index in [1.165, 1.54) is 0 Å². The Morgan fingerprint density at radius 3 is 2.90 bits per heavy atom. The molecule has 0 bridgehead atoms. The number of nitrogens with two attached hydrogens (primary N) is 1. The van der Waals surface area contributed by atoms with Crippen LogP contribution in [0.3, 0.4) is 0 Å². The Morgan fingerprint density at radius 2 is 2.25 bits per heavy atom. The first kappa shape index (κ1) is 15.7. The van der Waals surface area contributed by atoms with Gasteiger partial charge in [0, 0.05) is 38.2 Å². The van der Waals surface area contributed by atoms with E-state index < -0.39 is 0 Å². The number of nitrogens with zero attached hydrogens (tertiary/aromatic N) is 1. The van der Waals surface area contributed by atoms with Crippen LogP contribution in [0.4, 0.5) is 0 Å². The van der Waals surface area contributed by atoms with Crippen LogP contribution in [0.15, 0.2) is 0 Å². The third-order valence-corrected chi connectivity index (χ3v) is 4.12. The Bertz CT molecular complexity index is 307. The van der Waals surface area contributed by atoms with Crippen molar-refractivity contribution < 1.29 is 9.53 Å².